The van der Waals surface area contributed by atoms with Crippen LogP contribution in [0.4, 0.5) is 11.4 Å². The molecule has 0 saturated carbocycles. The number of hydrogen-bond acceptors (Lipinski definition) is 6. The van der Waals surface area contributed by atoms with Gasteiger partial charge in [-0.25, -0.2) is 0 Å². The van der Waals surface area contributed by atoms with E-state index < -0.39 is 4.92 Å². The Morgan fingerprint density at radius 3 is 2.60 bits per heavy atom. The molecule has 0 atom stereocenters. The second kappa shape index (κ2) is 9.07. The molecule has 0 aromatic heterocycles. The van der Waals surface area contributed by atoms with Gasteiger partial charge < -0.3 is 9.47 Å². The Morgan fingerprint density at radius 1 is 1.20 bits per heavy atom. The van der Waals surface area contributed by atoms with E-state index in [4.69, 9.17) is 9.47 Å². The van der Waals surface area contributed by atoms with E-state index in [1.165, 1.54) is 12.1 Å². The molecule has 7 nitrogen and oxygen atoms in total. The molecular weight excluding hydrogens is 322 g/mol. The summed E-state index contributed by atoms with van der Waals surface area (Å²) in [6.07, 6.45) is 3.29. The SMILES string of the molecule is C=CCOc1ccc(/C=N/Nc2ccc([N+](=O)[O-])cc2)cc1OCC. The Hall–Kier alpha value is -3.35. The van der Waals surface area contributed by atoms with Crippen molar-refractivity contribution in [1.82, 2.24) is 0 Å². The number of benzene rings is 2. The molecule has 25 heavy (non-hydrogen) atoms. The van der Waals surface area contributed by atoms with Crippen molar-refractivity contribution in [3.8, 4) is 11.5 Å². The van der Waals surface area contributed by atoms with E-state index in [0.29, 0.717) is 30.4 Å². The van der Waals surface area contributed by atoms with Crippen LogP contribution >= 0.6 is 0 Å². The minimum Gasteiger partial charge on any atom is -0.490 e. The van der Waals surface area contributed by atoms with E-state index in [1.54, 1.807) is 24.4 Å². The highest BCUT2D eigenvalue weighted by Gasteiger charge is 2.05. The molecule has 1 N–H and O–H groups in total. The molecule has 2 rings (SSSR count). The maximum Gasteiger partial charge on any atom is 0.269 e. The van der Waals surface area contributed by atoms with Crippen molar-refractivity contribution in [2.45, 2.75) is 6.92 Å². The maximum atomic E-state index is 10.6. The van der Waals surface area contributed by atoms with Crippen LogP contribution in [0.5, 0.6) is 11.5 Å². The summed E-state index contributed by atoms with van der Waals surface area (Å²) in [5.74, 6) is 1.27. The third-order valence-electron chi connectivity index (χ3n) is 3.11. The molecule has 0 spiro atoms. The second-order valence-electron chi connectivity index (χ2n) is 4.91. The number of non-ortho nitro benzene ring substituents is 1. The zero-order chi connectivity index (χ0) is 18.1. The van der Waals surface area contributed by atoms with Crippen LogP contribution in [0, 0.1) is 10.1 Å². The zero-order valence-electron chi connectivity index (χ0n) is 13.8. The first kappa shape index (κ1) is 18.0. The first-order chi connectivity index (χ1) is 12.1. The largest absolute Gasteiger partial charge is 0.490 e. The number of nitro benzene ring substituents is 1. The second-order valence-corrected chi connectivity index (χ2v) is 4.91. The van der Waals surface area contributed by atoms with Gasteiger partial charge in [-0.15, -0.1) is 0 Å². The summed E-state index contributed by atoms with van der Waals surface area (Å²) in [4.78, 5) is 10.2. The van der Waals surface area contributed by atoms with Gasteiger partial charge in [0.2, 0.25) is 0 Å². The van der Waals surface area contributed by atoms with Crippen molar-refractivity contribution in [1.29, 1.82) is 0 Å². The predicted molar refractivity (Wildman–Crippen MR) is 97.6 cm³/mol. The van der Waals surface area contributed by atoms with E-state index in [9.17, 15) is 10.1 Å². The normalized spacial score (nSPS) is 10.4. The molecule has 0 aliphatic heterocycles. The molecule has 0 bridgehead atoms. The molecule has 0 heterocycles. The molecule has 2 aromatic rings. The molecular formula is C18H19N3O4. The van der Waals surface area contributed by atoms with Crippen molar-refractivity contribution in [2.75, 3.05) is 18.6 Å². The fraction of sp³-hybridized carbons (Fsp3) is 0.167. The lowest BCUT2D eigenvalue weighted by molar-refractivity contribution is -0.384. The number of hydrogen-bond donors (Lipinski definition) is 1. The van der Waals surface area contributed by atoms with Gasteiger partial charge in [0.05, 0.1) is 23.4 Å². The average molecular weight is 341 g/mol. The number of ether oxygens (including phenoxy) is 2. The third kappa shape index (κ3) is 5.35. The topological polar surface area (TPSA) is 86.0 Å². The van der Waals surface area contributed by atoms with Crippen LogP contribution in [0.3, 0.4) is 0 Å². The summed E-state index contributed by atoms with van der Waals surface area (Å²) in [5, 5.41) is 14.7. The molecule has 0 fully saturated rings. The van der Waals surface area contributed by atoms with Crippen molar-refractivity contribution < 1.29 is 14.4 Å². The Morgan fingerprint density at radius 2 is 1.96 bits per heavy atom. The van der Waals surface area contributed by atoms with E-state index in [0.717, 1.165) is 5.56 Å². The number of rotatable bonds is 9. The van der Waals surface area contributed by atoms with Crippen LogP contribution in [-0.2, 0) is 0 Å². The quantitative estimate of drug-likeness (QED) is 0.322. The summed E-state index contributed by atoms with van der Waals surface area (Å²) < 4.78 is 11.1. The number of anilines is 1. The standard InChI is InChI=1S/C18H19N3O4/c1-3-11-25-17-10-5-14(12-18(17)24-4-2)13-19-20-15-6-8-16(9-7-15)21(22)23/h3,5-10,12-13,20H,1,4,11H2,2H3/b19-13+. The summed E-state index contributed by atoms with van der Waals surface area (Å²) in [7, 11) is 0. The Labute approximate surface area is 145 Å². The molecule has 0 aliphatic carbocycles. The molecule has 0 radical (unpaired) electrons. The highest BCUT2D eigenvalue weighted by atomic mass is 16.6. The van der Waals surface area contributed by atoms with Crippen LogP contribution in [0.1, 0.15) is 12.5 Å². The number of nitrogens with one attached hydrogen (secondary N) is 1. The molecule has 0 saturated heterocycles. The molecule has 0 unspecified atom stereocenters. The summed E-state index contributed by atoms with van der Waals surface area (Å²) in [5.41, 5.74) is 4.33. The lowest BCUT2D eigenvalue weighted by atomic mass is 10.2. The predicted octanol–water partition coefficient (Wildman–Crippen LogP) is 4.00. The summed E-state index contributed by atoms with van der Waals surface area (Å²) >= 11 is 0. The number of nitrogens with zero attached hydrogens (tertiary/aromatic N) is 2. The summed E-state index contributed by atoms with van der Waals surface area (Å²) in [6.45, 7) is 6.44. The smallest absolute Gasteiger partial charge is 0.269 e. The van der Waals surface area contributed by atoms with Gasteiger partial charge in [-0.3, -0.25) is 15.5 Å². The number of hydrazone groups is 1. The lowest BCUT2D eigenvalue weighted by Crippen LogP contribution is -2.00. The fourth-order valence-electron chi connectivity index (χ4n) is 1.98. The van der Waals surface area contributed by atoms with Crippen molar-refractivity contribution in [3.05, 3.63) is 70.8 Å². The van der Waals surface area contributed by atoms with Crippen molar-refractivity contribution in [3.63, 3.8) is 0 Å². The average Bonchev–Trinajstić information content (AvgIpc) is 2.62. The monoisotopic (exact) mass is 341 g/mol. The van der Waals surface area contributed by atoms with Gasteiger partial charge in [0.15, 0.2) is 11.5 Å². The Kier molecular flexibility index (Phi) is 6.53. The highest BCUT2D eigenvalue weighted by molar-refractivity contribution is 5.81. The minimum atomic E-state index is -0.446. The van der Waals surface area contributed by atoms with Gasteiger partial charge in [-0.05, 0) is 42.8 Å². The van der Waals surface area contributed by atoms with Crippen molar-refractivity contribution in [2.24, 2.45) is 5.10 Å². The van der Waals surface area contributed by atoms with Crippen LogP contribution in [-0.4, -0.2) is 24.4 Å². The molecule has 2 aromatic carbocycles. The van der Waals surface area contributed by atoms with E-state index in [-0.39, 0.29) is 5.69 Å². The van der Waals surface area contributed by atoms with Crippen molar-refractivity contribution >= 4 is 17.6 Å². The maximum absolute atomic E-state index is 10.6. The first-order valence-electron chi connectivity index (χ1n) is 7.68. The van der Waals surface area contributed by atoms with E-state index >= 15 is 0 Å². The summed E-state index contributed by atoms with van der Waals surface area (Å²) in [6, 6.07) is 11.5. The zero-order valence-corrected chi connectivity index (χ0v) is 13.8. The van der Waals surface area contributed by atoms with Gasteiger partial charge in [0.1, 0.15) is 6.61 Å². The molecule has 7 heteroatoms. The third-order valence-corrected chi connectivity index (χ3v) is 3.11. The van der Waals surface area contributed by atoms with Crippen LogP contribution in [0.2, 0.25) is 0 Å². The van der Waals surface area contributed by atoms with E-state index in [2.05, 4.69) is 17.1 Å². The number of nitro groups is 1. The van der Waals surface area contributed by atoms with Gasteiger partial charge in [0.25, 0.3) is 5.69 Å². The highest BCUT2D eigenvalue weighted by Crippen LogP contribution is 2.28. The van der Waals surface area contributed by atoms with Crippen LogP contribution < -0.4 is 14.9 Å². The minimum absolute atomic E-state index is 0.0333. The van der Waals surface area contributed by atoms with Gasteiger partial charge >= 0.3 is 0 Å². The lowest BCUT2D eigenvalue weighted by Gasteiger charge is -2.11. The van der Waals surface area contributed by atoms with Gasteiger partial charge in [-0.1, -0.05) is 12.7 Å². The van der Waals surface area contributed by atoms with Crippen LogP contribution in [0.15, 0.2) is 60.2 Å². The first-order valence-corrected chi connectivity index (χ1v) is 7.68. The Balaban J connectivity index is 2.05. The van der Waals surface area contributed by atoms with Gasteiger partial charge in [0, 0.05) is 12.1 Å². The molecule has 0 aliphatic rings. The van der Waals surface area contributed by atoms with Crippen LogP contribution in [0.25, 0.3) is 0 Å². The molecule has 130 valence electrons. The Bertz CT molecular complexity index is 757. The van der Waals surface area contributed by atoms with Gasteiger partial charge in [-0.2, -0.15) is 5.10 Å². The fourth-order valence-corrected chi connectivity index (χ4v) is 1.98. The molecule has 0 amide bonds. The van der Waals surface area contributed by atoms with E-state index in [1.807, 2.05) is 25.1 Å².